The maximum atomic E-state index is 13.1. The number of nitrogens with zero attached hydrogens (tertiary/aromatic N) is 2. The van der Waals surface area contributed by atoms with Crippen molar-refractivity contribution >= 4 is 23.0 Å². The highest BCUT2D eigenvalue weighted by Crippen LogP contribution is 2.21. The fraction of sp³-hybridized carbons (Fsp3) is 0.333. The van der Waals surface area contributed by atoms with Gasteiger partial charge >= 0.3 is 0 Å². The number of carbonyl (C=O) groups is 1. The molecule has 0 saturated carbocycles. The fourth-order valence-corrected chi connectivity index (χ4v) is 4.04. The molecule has 2 N–H and O–H groups in total. The highest BCUT2D eigenvalue weighted by Gasteiger charge is 2.23. The third-order valence-corrected chi connectivity index (χ3v) is 6.25. The molecule has 1 unspecified atom stereocenters. The predicted molar refractivity (Wildman–Crippen MR) is 149 cm³/mol. The first kappa shape index (κ1) is 28.1. The van der Waals surface area contributed by atoms with Gasteiger partial charge in [0.25, 0.3) is 6.01 Å². The second-order valence-electron chi connectivity index (χ2n) is 9.09. The van der Waals surface area contributed by atoms with Gasteiger partial charge in [0, 0.05) is 20.6 Å². The lowest BCUT2D eigenvalue weighted by atomic mass is 10.0. The van der Waals surface area contributed by atoms with Gasteiger partial charge in [0.1, 0.15) is 24.0 Å². The number of hydrogen-bond donors (Lipinski definition) is 2. The van der Waals surface area contributed by atoms with Gasteiger partial charge in [0.15, 0.2) is 5.58 Å². The molecule has 2 atom stereocenters. The number of oxazole rings is 1. The van der Waals surface area contributed by atoms with Crippen LogP contribution in [0.3, 0.4) is 0 Å². The zero-order valence-corrected chi connectivity index (χ0v) is 22.3. The van der Waals surface area contributed by atoms with Crippen molar-refractivity contribution in [1.29, 1.82) is 0 Å². The van der Waals surface area contributed by atoms with E-state index in [0.29, 0.717) is 32.2 Å². The van der Waals surface area contributed by atoms with Crippen molar-refractivity contribution in [3.05, 3.63) is 90.0 Å². The number of ether oxygens (including phenoxy) is 3. The summed E-state index contributed by atoms with van der Waals surface area (Å²) < 4.78 is 22.6. The van der Waals surface area contributed by atoms with Crippen LogP contribution in [0.15, 0.2) is 83.3 Å². The molecule has 1 aromatic heterocycles. The smallest absolute Gasteiger partial charge is 0.298 e. The third-order valence-electron chi connectivity index (χ3n) is 6.25. The Morgan fingerprint density at radius 1 is 1.00 bits per heavy atom. The number of rotatable bonds is 15. The van der Waals surface area contributed by atoms with Crippen LogP contribution in [0.2, 0.25) is 0 Å². The zero-order valence-electron chi connectivity index (χ0n) is 22.3. The van der Waals surface area contributed by atoms with Gasteiger partial charge in [0.2, 0.25) is 5.91 Å². The number of methoxy groups -OCH3 is 1. The molecule has 206 valence electrons. The summed E-state index contributed by atoms with van der Waals surface area (Å²) in [5.74, 6) is 0.423. The molecule has 0 saturated heterocycles. The molecule has 4 rings (SSSR count). The minimum atomic E-state index is -0.741. The standard InChI is InChI=1S/C30H35N3O6/c1-33(30-32-25-10-6-7-11-27(25)39-30)16-17-37-24-14-12-22(13-15-24)20-28(38-19-18-36-2)29(35)31-26(21-34)23-8-4-3-5-9-23/h3-15,26,28,34H,16-21H2,1-2H3,(H,31,35)/t26-,28?/m1/s1. The van der Waals surface area contributed by atoms with E-state index >= 15 is 0 Å². The Morgan fingerprint density at radius 2 is 1.74 bits per heavy atom. The topological polar surface area (TPSA) is 106 Å². The van der Waals surface area contributed by atoms with Crippen LogP contribution < -0.4 is 15.0 Å². The van der Waals surface area contributed by atoms with Crippen molar-refractivity contribution in [3.63, 3.8) is 0 Å². The van der Waals surface area contributed by atoms with Gasteiger partial charge in [-0.15, -0.1) is 0 Å². The van der Waals surface area contributed by atoms with Crippen LogP contribution in [-0.4, -0.2) is 69.2 Å². The number of likely N-dealkylation sites (N-methyl/N-ethyl adjacent to an activating group) is 1. The summed E-state index contributed by atoms with van der Waals surface area (Å²) in [4.78, 5) is 19.5. The number of carbonyl (C=O) groups excluding carboxylic acids is 1. The van der Waals surface area contributed by atoms with E-state index in [2.05, 4.69) is 10.3 Å². The summed E-state index contributed by atoms with van der Waals surface area (Å²) in [6, 6.07) is 24.6. The third kappa shape index (κ3) is 8.03. The van der Waals surface area contributed by atoms with E-state index < -0.39 is 12.1 Å². The Labute approximate surface area is 228 Å². The number of aliphatic hydroxyl groups excluding tert-OH is 1. The van der Waals surface area contributed by atoms with E-state index in [1.807, 2.05) is 90.8 Å². The van der Waals surface area contributed by atoms with Gasteiger partial charge in [-0.05, 0) is 35.4 Å². The van der Waals surface area contributed by atoms with E-state index in [9.17, 15) is 9.90 Å². The minimum absolute atomic E-state index is 0.214. The molecule has 3 aromatic carbocycles. The second-order valence-corrected chi connectivity index (χ2v) is 9.09. The van der Waals surface area contributed by atoms with Crippen molar-refractivity contribution in [2.45, 2.75) is 18.6 Å². The lowest BCUT2D eigenvalue weighted by molar-refractivity contribution is -0.134. The molecule has 9 heteroatoms. The molecule has 0 aliphatic carbocycles. The Morgan fingerprint density at radius 3 is 2.46 bits per heavy atom. The first-order chi connectivity index (χ1) is 19.1. The van der Waals surface area contributed by atoms with Crippen LogP contribution in [0.5, 0.6) is 5.75 Å². The van der Waals surface area contributed by atoms with Gasteiger partial charge in [0.05, 0.1) is 32.4 Å². The first-order valence-electron chi connectivity index (χ1n) is 12.9. The van der Waals surface area contributed by atoms with Gasteiger partial charge in [-0.2, -0.15) is 4.98 Å². The van der Waals surface area contributed by atoms with E-state index in [1.165, 1.54) is 0 Å². The zero-order chi connectivity index (χ0) is 27.5. The largest absolute Gasteiger partial charge is 0.492 e. The number of anilines is 1. The number of fused-ring (bicyclic) bond motifs is 1. The molecule has 4 aromatic rings. The Hall–Kier alpha value is -3.92. The van der Waals surface area contributed by atoms with Crippen LogP contribution in [0.25, 0.3) is 11.1 Å². The van der Waals surface area contributed by atoms with Gasteiger partial charge in [-0.25, -0.2) is 0 Å². The van der Waals surface area contributed by atoms with Crippen LogP contribution in [0.4, 0.5) is 6.01 Å². The van der Waals surface area contributed by atoms with Crippen molar-refractivity contribution < 1.29 is 28.5 Å². The molecule has 39 heavy (non-hydrogen) atoms. The molecular weight excluding hydrogens is 498 g/mol. The molecule has 0 bridgehead atoms. The van der Waals surface area contributed by atoms with Crippen molar-refractivity contribution in [2.24, 2.45) is 0 Å². The average Bonchev–Trinajstić information content (AvgIpc) is 3.41. The van der Waals surface area contributed by atoms with E-state index in [-0.39, 0.29) is 19.1 Å². The molecule has 1 amide bonds. The second kappa shape index (κ2) is 14.3. The van der Waals surface area contributed by atoms with Crippen molar-refractivity contribution in [3.8, 4) is 5.75 Å². The molecule has 0 fully saturated rings. The summed E-state index contributed by atoms with van der Waals surface area (Å²) in [5, 5.41) is 12.8. The van der Waals surface area contributed by atoms with Crippen LogP contribution in [0, 0.1) is 0 Å². The van der Waals surface area contributed by atoms with Crippen molar-refractivity contribution in [2.75, 3.05) is 52.0 Å². The number of amides is 1. The molecule has 9 nitrogen and oxygen atoms in total. The average molecular weight is 534 g/mol. The Balaban J connectivity index is 1.31. The van der Waals surface area contributed by atoms with Crippen LogP contribution >= 0.6 is 0 Å². The van der Waals surface area contributed by atoms with E-state index in [1.54, 1.807) is 7.11 Å². The Bertz CT molecular complexity index is 1260. The molecule has 0 spiro atoms. The minimum Gasteiger partial charge on any atom is -0.492 e. The Kier molecular flexibility index (Phi) is 10.3. The summed E-state index contributed by atoms with van der Waals surface area (Å²) in [6.45, 7) is 1.47. The van der Waals surface area contributed by atoms with Gasteiger partial charge < -0.3 is 34.0 Å². The van der Waals surface area contributed by atoms with Crippen molar-refractivity contribution in [1.82, 2.24) is 10.3 Å². The lowest BCUT2D eigenvalue weighted by Crippen LogP contribution is -2.41. The first-order valence-corrected chi connectivity index (χ1v) is 12.9. The molecule has 0 radical (unpaired) electrons. The molecule has 0 aliphatic rings. The number of aromatic nitrogens is 1. The summed E-state index contributed by atoms with van der Waals surface area (Å²) in [5.41, 5.74) is 3.32. The summed E-state index contributed by atoms with van der Waals surface area (Å²) >= 11 is 0. The number of para-hydroxylation sites is 2. The van der Waals surface area contributed by atoms with Gasteiger partial charge in [-0.1, -0.05) is 54.6 Å². The quantitative estimate of drug-likeness (QED) is 0.223. The summed E-state index contributed by atoms with van der Waals surface area (Å²) in [7, 11) is 3.49. The predicted octanol–water partition coefficient (Wildman–Crippen LogP) is 3.77. The number of hydrogen-bond acceptors (Lipinski definition) is 8. The summed E-state index contributed by atoms with van der Waals surface area (Å²) in [6.07, 6.45) is -0.377. The fourth-order valence-electron chi connectivity index (χ4n) is 4.04. The molecule has 1 heterocycles. The molecular formula is C30H35N3O6. The molecule has 0 aliphatic heterocycles. The lowest BCUT2D eigenvalue weighted by Gasteiger charge is -2.22. The maximum absolute atomic E-state index is 13.1. The van der Waals surface area contributed by atoms with Crippen LogP contribution in [0.1, 0.15) is 17.2 Å². The highest BCUT2D eigenvalue weighted by molar-refractivity contribution is 5.81. The maximum Gasteiger partial charge on any atom is 0.298 e. The monoisotopic (exact) mass is 533 g/mol. The van der Waals surface area contributed by atoms with Crippen LogP contribution in [-0.2, 0) is 20.7 Å². The van der Waals surface area contributed by atoms with Gasteiger partial charge in [-0.3, -0.25) is 4.79 Å². The van der Waals surface area contributed by atoms with E-state index in [4.69, 9.17) is 18.6 Å². The normalized spacial score (nSPS) is 12.7. The van der Waals surface area contributed by atoms with E-state index in [0.717, 1.165) is 28.0 Å². The number of nitrogens with one attached hydrogen (secondary N) is 1. The SMILES string of the molecule is COCCOC(Cc1ccc(OCCN(C)c2nc3ccccc3o2)cc1)C(=O)N[C@H](CO)c1ccccc1. The highest BCUT2D eigenvalue weighted by atomic mass is 16.5. The number of benzene rings is 3. The number of aliphatic hydroxyl groups is 1.